The van der Waals surface area contributed by atoms with E-state index in [-0.39, 0.29) is 28.9 Å². The first-order chi connectivity index (χ1) is 12.9. The third-order valence-electron chi connectivity index (χ3n) is 3.62. The van der Waals surface area contributed by atoms with Gasteiger partial charge >= 0.3 is 0 Å². The molecule has 0 atom stereocenters. The van der Waals surface area contributed by atoms with E-state index in [4.69, 9.17) is 14.0 Å². The van der Waals surface area contributed by atoms with Crippen molar-refractivity contribution in [2.75, 3.05) is 14.2 Å². The highest BCUT2D eigenvalue weighted by Crippen LogP contribution is 2.25. The number of rotatable bonds is 7. The molecule has 2 aromatic carbocycles. The second-order valence-corrected chi connectivity index (χ2v) is 7.10. The van der Waals surface area contributed by atoms with Gasteiger partial charge in [0.25, 0.3) is 0 Å². The minimum Gasteiger partial charge on any atom is -0.497 e. The molecule has 0 aliphatic carbocycles. The molecule has 10 heteroatoms. The van der Waals surface area contributed by atoms with E-state index >= 15 is 0 Å². The van der Waals surface area contributed by atoms with E-state index < -0.39 is 15.8 Å². The highest BCUT2D eigenvalue weighted by atomic mass is 32.2. The Bertz CT molecular complexity index is 1050. The molecule has 0 saturated heterocycles. The van der Waals surface area contributed by atoms with Crippen LogP contribution < -0.4 is 14.2 Å². The van der Waals surface area contributed by atoms with Crippen molar-refractivity contribution >= 4 is 10.0 Å². The van der Waals surface area contributed by atoms with Gasteiger partial charge in [-0.05, 0) is 30.3 Å². The summed E-state index contributed by atoms with van der Waals surface area (Å²) in [5.41, 5.74) is 0.652. The lowest BCUT2D eigenvalue weighted by atomic mass is 10.2. The van der Waals surface area contributed by atoms with E-state index in [0.717, 1.165) is 12.1 Å². The van der Waals surface area contributed by atoms with E-state index in [0.29, 0.717) is 11.3 Å². The van der Waals surface area contributed by atoms with E-state index in [2.05, 4.69) is 14.9 Å². The first-order valence-electron chi connectivity index (χ1n) is 7.73. The number of benzene rings is 2. The minimum absolute atomic E-state index is 0.0199. The van der Waals surface area contributed by atoms with Crippen molar-refractivity contribution in [1.29, 1.82) is 0 Å². The zero-order chi connectivity index (χ0) is 19.4. The lowest BCUT2D eigenvalue weighted by Gasteiger charge is -2.09. The molecule has 0 unspecified atom stereocenters. The topological polar surface area (TPSA) is 104 Å². The predicted octanol–water partition coefficient (Wildman–Crippen LogP) is 2.37. The van der Waals surface area contributed by atoms with Crippen molar-refractivity contribution in [3.8, 4) is 22.9 Å². The monoisotopic (exact) mass is 393 g/mol. The fourth-order valence-corrected chi connectivity index (χ4v) is 3.45. The summed E-state index contributed by atoms with van der Waals surface area (Å²) in [7, 11) is -1.22. The van der Waals surface area contributed by atoms with Crippen molar-refractivity contribution in [3.05, 3.63) is 54.2 Å². The minimum atomic E-state index is -4.05. The Labute approximate surface area is 155 Å². The maximum atomic E-state index is 13.4. The molecule has 142 valence electrons. The Morgan fingerprint density at radius 1 is 1.15 bits per heavy atom. The number of nitrogens with zero attached hydrogens (tertiary/aromatic N) is 2. The van der Waals surface area contributed by atoms with Crippen LogP contribution in [-0.4, -0.2) is 32.8 Å². The quantitative estimate of drug-likeness (QED) is 0.657. The van der Waals surface area contributed by atoms with Crippen LogP contribution in [0.3, 0.4) is 0 Å². The van der Waals surface area contributed by atoms with E-state index in [1.165, 1.54) is 20.3 Å². The second-order valence-electron chi connectivity index (χ2n) is 5.36. The number of hydrogen-bond acceptors (Lipinski definition) is 7. The molecule has 0 aliphatic heterocycles. The van der Waals surface area contributed by atoms with Crippen LogP contribution in [0.5, 0.6) is 11.5 Å². The van der Waals surface area contributed by atoms with Crippen LogP contribution in [0.4, 0.5) is 4.39 Å². The number of aromatic nitrogens is 2. The van der Waals surface area contributed by atoms with E-state index in [9.17, 15) is 12.8 Å². The van der Waals surface area contributed by atoms with Crippen molar-refractivity contribution in [2.24, 2.45) is 0 Å². The van der Waals surface area contributed by atoms with Gasteiger partial charge in [-0.2, -0.15) is 4.98 Å². The van der Waals surface area contributed by atoms with Crippen molar-refractivity contribution in [1.82, 2.24) is 14.9 Å². The summed E-state index contributed by atoms with van der Waals surface area (Å²) in [4.78, 5) is 3.83. The molecule has 0 amide bonds. The van der Waals surface area contributed by atoms with Gasteiger partial charge in [0.05, 0.1) is 20.8 Å². The van der Waals surface area contributed by atoms with Gasteiger partial charge in [0, 0.05) is 5.56 Å². The Balaban J connectivity index is 1.77. The lowest BCUT2D eigenvalue weighted by Crippen LogP contribution is -2.24. The maximum Gasteiger partial charge on any atom is 0.244 e. The third kappa shape index (κ3) is 4.23. The Hall–Kier alpha value is -2.98. The smallest absolute Gasteiger partial charge is 0.244 e. The average Bonchev–Trinajstić information content (AvgIpc) is 3.16. The van der Waals surface area contributed by atoms with Gasteiger partial charge in [0.1, 0.15) is 22.2 Å². The maximum absolute atomic E-state index is 13.4. The zero-order valence-corrected chi connectivity index (χ0v) is 15.3. The SMILES string of the molecule is COc1cccc(-c2noc(CNS(=O)(=O)c3cc(F)ccc3OC)n2)c1. The molecule has 0 fully saturated rings. The summed E-state index contributed by atoms with van der Waals surface area (Å²) >= 11 is 0. The molecule has 8 nitrogen and oxygen atoms in total. The van der Waals surface area contributed by atoms with Crippen LogP contribution in [0.2, 0.25) is 0 Å². The van der Waals surface area contributed by atoms with Crippen molar-refractivity contribution in [2.45, 2.75) is 11.4 Å². The summed E-state index contributed by atoms with van der Waals surface area (Å²) in [6, 6.07) is 10.2. The molecule has 0 radical (unpaired) electrons. The largest absolute Gasteiger partial charge is 0.497 e. The lowest BCUT2D eigenvalue weighted by molar-refractivity contribution is 0.375. The molecule has 0 spiro atoms. The van der Waals surface area contributed by atoms with E-state index in [1.54, 1.807) is 24.3 Å². The van der Waals surface area contributed by atoms with E-state index in [1.807, 2.05) is 0 Å². The highest BCUT2D eigenvalue weighted by molar-refractivity contribution is 7.89. The molecule has 3 rings (SSSR count). The first-order valence-corrected chi connectivity index (χ1v) is 9.21. The molecule has 3 aromatic rings. The molecular formula is C17H16FN3O5S. The van der Waals surface area contributed by atoms with Crippen LogP contribution in [-0.2, 0) is 16.6 Å². The second kappa shape index (κ2) is 7.72. The van der Waals surface area contributed by atoms with Gasteiger partial charge in [-0.15, -0.1) is 0 Å². The molecule has 0 aliphatic rings. The van der Waals surface area contributed by atoms with Gasteiger partial charge in [0.2, 0.25) is 21.7 Å². The van der Waals surface area contributed by atoms with Gasteiger partial charge in [-0.3, -0.25) is 0 Å². The number of nitrogens with one attached hydrogen (secondary N) is 1. The summed E-state index contributed by atoms with van der Waals surface area (Å²) in [6.45, 7) is -0.265. The van der Waals surface area contributed by atoms with Crippen LogP contribution in [0.15, 0.2) is 51.9 Å². The molecule has 1 heterocycles. The Morgan fingerprint density at radius 2 is 1.96 bits per heavy atom. The van der Waals surface area contributed by atoms with Gasteiger partial charge < -0.3 is 14.0 Å². The van der Waals surface area contributed by atoms with Crippen LogP contribution >= 0.6 is 0 Å². The average molecular weight is 393 g/mol. The highest BCUT2D eigenvalue weighted by Gasteiger charge is 2.21. The van der Waals surface area contributed by atoms with Crippen LogP contribution in [0.25, 0.3) is 11.4 Å². The Morgan fingerprint density at radius 3 is 2.70 bits per heavy atom. The predicted molar refractivity (Wildman–Crippen MR) is 93.3 cm³/mol. The fourth-order valence-electron chi connectivity index (χ4n) is 2.30. The molecule has 27 heavy (non-hydrogen) atoms. The van der Waals surface area contributed by atoms with Crippen molar-refractivity contribution in [3.63, 3.8) is 0 Å². The standard InChI is InChI=1S/C17H16FN3O5S/c1-24-13-5-3-4-11(8-13)17-20-16(26-21-17)10-19-27(22,23)15-9-12(18)6-7-14(15)25-2/h3-9,19H,10H2,1-2H3. The summed E-state index contributed by atoms with van der Waals surface area (Å²) in [6.07, 6.45) is 0. The number of sulfonamides is 1. The van der Waals surface area contributed by atoms with Crippen LogP contribution in [0.1, 0.15) is 5.89 Å². The number of hydrogen-bond donors (Lipinski definition) is 1. The molecule has 0 bridgehead atoms. The summed E-state index contributed by atoms with van der Waals surface area (Å²) < 4.78 is 55.8. The summed E-state index contributed by atoms with van der Waals surface area (Å²) in [5, 5.41) is 3.82. The van der Waals surface area contributed by atoms with Crippen LogP contribution in [0, 0.1) is 5.82 Å². The number of ether oxygens (including phenoxy) is 2. The normalized spacial score (nSPS) is 11.4. The summed E-state index contributed by atoms with van der Waals surface area (Å²) in [5.74, 6) is 0.275. The zero-order valence-electron chi connectivity index (χ0n) is 14.5. The van der Waals surface area contributed by atoms with Gasteiger partial charge in [0.15, 0.2) is 0 Å². The number of methoxy groups -OCH3 is 2. The van der Waals surface area contributed by atoms with Gasteiger partial charge in [-0.25, -0.2) is 17.5 Å². The molecule has 1 N–H and O–H groups in total. The fraction of sp³-hybridized carbons (Fsp3) is 0.176. The first kappa shape index (κ1) is 18.8. The van der Waals surface area contributed by atoms with Gasteiger partial charge in [-0.1, -0.05) is 17.3 Å². The number of halogens is 1. The third-order valence-corrected chi connectivity index (χ3v) is 5.05. The van der Waals surface area contributed by atoms with Crippen molar-refractivity contribution < 1.29 is 26.8 Å². The molecule has 0 saturated carbocycles. The molecule has 1 aromatic heterocycles. The Kier molecular flexibility index (Phi) is 5.38. The molecular weight excluding hydrogens is 377 g/mol.